The molecular weight excluding hydrogens is 292 g/mol. The summed E-state index contributed by atoms with van der Waals surface area (Å²) < 4.78 is 5.26. The molecular formula is C17H20N4O2. The average Bonchev–Trinajstić information content (AvgIpc) is 3.11. The van der Waals surface area contributed by atoms with Gasteiger partial charge < -0.3 is 9.84 Å². The fourth-order valence-corrected chi connectivity index (χ4v) is 3.00. The van der Waals surface area contributed by atoms with Crippen molar-refractivity contribution in [1.82, 2.24) is 20.4 Å². The van der Waals surface area contributed by atoms with Crippen molar-refractivity contribution in [3.8, 4) is 0 Å². The van der Waals surface area contributed by atoms with E-state index in [4.69, 9.17) is 4.52 Å². The molecule has 0 unspecified atom stereocenters. The number of aromatic nitrogens is 2. The van der Waals surface area contributed by atoms with E-state index in [1.54, 1.807) is 0 Å². The topological polar surface area (TPSA) is 71.3 Å². The van der Waals surface area contributed by atoms with Crippen molar-refractivity contribution in [2.45, 2.75) is 44.8 Å². The smallest absolute Gasteiger partial charge is 0.248 e. The number of nitrogens with zero attached hydrogens (tertiary/aromatic N) is 3. The van der Waals surface area contributed by atoms with Gasteiger partial charge >= 0.3 is 0 Å². The van der Waals surface area contributed by atoms with E-state index in [1.807, 2.05) is 19.1 Å². The van der Waals surface area contributed by atoms with Gasteiger partial charge in [-0.1, -0.05) is 29.4 Å². The molecule has 0 bridgehead atoms. The molecule has 23 heavy (non-hydrogen) atoms. The third-order valence-electron chi connectivity index (χ3n) is 4.42. The second kappa shape index (κ2) is 5.77. The van der Waals surface area contributed by atoms with Gasteiger partial charge in [0, 0.05) is 19.0 Å². The summed E-state index contributed by atoms with van der Waals surface area (Å²) in [6, 6.07) is 8.06. The van der Waals surface area contributed by atoms with Crippen LogP contribution in [0.3, 0.4) is 0 Å². The zero-order valence-corrected chi connectivity index (χ0v) is 13.2. The Bertz CT molecular complexity index is 698. The standard InChI is InChI=1S/C17H20N4O2/c1-11(17-19-16(20-23-17)12-6-7-12)18-15(22)10-21-8-13-4-2-3-5-14(13)9-21/h2-5,11-12H,6-10H2,1H3,(H,18,22)/t11-/m0/s1. The van der Waals surface area contributed by atoms with Crippen LogP contribution in [0.15, 0.2) is 28.8 Å². The lowest BCUT2D eigenvalue weighted by Crippen LogP contribution is -2.36. The molecule has 2 heterocycles. The molecule has 2 aromatic rings. The van der Waals surface area contributed by atoms with E-state index in [0.717, 1.165) is 31.8 Å². The molecule has 1 N–H and O–H groups in total. The van der Waals surface area contributed by atoms with Crippen LogP contribution in [0.25, 0.3) is 0 Å². The Morgan fingerprint density at radius 2 is 2.04 bits per heavy atom. The van der Waals surface area contributed by atoms with Crippen molar-refractivity contribution in [1.29, 1.82) is 0 Å². The first-order valence-corrected chi connectivity index (χ1v) is 8.11. The third-order valence-corrected chi connectivity index (χ3v) is 4.42. The van der Waals surface area contributed by atoms with E-state index in [0.29, 0.717) is 18.4 Å². The lowest BCUT2D eigenvalue weighted by atomic mass is 10.1. The Balaban J connectivity index is 1.31. The van der Waals surface area contributed by atoms with Crippen LogP contribution in [-0.2, 0) is 17.9 Å². The van der Waals surface area contributed by atoms with Gasteiger partial charge in [0.05, 0.1) is 6.54 Å². The molecule has 0 saturated heterocycles. The number of carbonyl (C=O) groups excluding carboxylic acids is 1. The molecule has 1 atom stereocenters. The Morgan fingerprint density at radius 3 is 2.70 bits per heavy atom. The van der Waals surface area contributed by atoms with E-state index in [1.165, 1.54) is 11.1 Å². The summed E-state index contributed by atoms with van der Waals surface area (Å²) in [5.41, 5.74) is 2.61. The number of benzene rings is 1. The quantitative estimate of drug-likeness (QED) is 0.916. The minimum atomic E-state index is -0.257. The normalized spacial score (nSPS) is 18.7. The second-order valence-corrected chi connectivity index (χ2v) is 6.47. The molecule has 1 aliphatic carbocycles. The fourth-order valence-electron chi connectivity index (χ4n) is 3.00. The van der Waals surface area contributed by atoms with Crippen LogP contribution in [0.2, 0.25) is 0 Å². The van der Waals surface area contributed by atoms with Crippen molar-refractivity contribution < 1.29 is 9.32 Å². The molecule has 1 saturated carbocycles. The molecule has 6 nitrogen and oxygen atoms in total. The van der Waals surface area contributed by atoms with E-state index in [2.05, 4.69) is 32.5 Å². The first kappa shape index (κ1) is 14.4. The number of amides is 1. The van der Waals surface area contributed by atoms with Crippen LogP contribution in [0, 0.1) is 0 Å². The minimum absolute atomic E-state index is 0.0171. The number of rotatable bonds is 5. The fraction of sp³-hybridized carbons (Fsp3) is 0.471. The molecule has 4 rings (SSSR count). The van der Waals surface area contributed by atoms with Crippen LogP contribution >= 0.6 is 0 Å². The molecule has 0 radical (unpaired) electrons. The maximum absolute atomic E-state index is 12.2. The van der Waals surface area contributed by atoms with E-state index in [9.17, 15) is 4.79 Å². The highest BCUT2D eigenvalue weighted by atomic mass is 16.5. The largest absolute Gasteiger partial charge is 0.343 e. The molecule has 1 fully saturated rings. The highest BCUT2D eigenvalue weighted by Crippen LogP contribution is 2.38. The van der Waals surface area contributed by atoms with Gasteiger partial charge in [0.25, 0.3) is 0 Å². The lowest BCUT2D eigenvalue weighted by Gasteiger charge is -2.16. The molecule has 1 amide bonds. The van der Waals surface area contributed by atoms with Gasteiger partial charge in [-0.15, -0.1) is 0 Å². The summed E-state index contributed by atoms with van der Waals surface area (Å²) >= 11 is 0. The van der Waals surface area contributed by atoms with Crippen LogP contribution in [0.5, 0.6) is 0 Å². The Labute approximate surface area is 134 Å². The van der Waals surface area contributed by atoms with Gasteiger partial charge in [0.2, 0.25) is 11.8 Å². The minimum Gasteiger partial charge on any atom is -0.343 e. The molecule has 1 aliphatic heterocycles. The van der Waals surface area contributed by atoms with Crippen molar-refractivity contribution in [2.75, 3.05) is 6.54 Å². The second-order valence-electron chi connectivity index (χ2n) is 6.47. The number of carbonyl (C=O) groups is 1. The Morgan fingerprint density at radius 1 is 1.35 bits per heavy atom. The molecule has 120 valence electrons. The van der Waals surface area contributed by atoms with Gasteiger partial charge in [-0.3, -0.25) is 9.69 Å². The maximum Gasteiger partial charge on any atom is 0.248 e. The SMILES string of the molecule is C[C@H](NC(=O)CN1Cc2ccccc2C1)c1nc(C2CC2)no1. The summed E-state index contributed by atoms with van der Waals surface area (Å²) in [5, 5.41) is 6.93. The number of hydrogen-bond donors (Lipinski definition) is 1. The van der Waals surface area contributed by atoms with Crippen LogP contribution in [0.1, 0.15) is 54.6 Å². The van der Waals surface area contributed by atoms with Crippen LogP contribution in [0.4, 0.5) is 0 Å². The van der Waals surface area contributed by atoms with Crippen LogP contribution in [-0.4, -0.2) is 27.5 Å². The van der Waals surface area contributed by atoms with Crippen molar-refractivity contribution in [2.24, 2.45) is 0 Å². The molecule has 6 heteroatoms. The van der Waals surface area contributed by atoms with E-state index < -0.39 is 0 Å². The summed E-state index contributed by atoms with van der Waals surface area (Å²) in [4.78, 5) is 18.8. The average molecular weight is 312 g/mol. The van der Waals surface area contributed by atoms with Gasteiger partial charge in [0.1, 0.15) is 6.04 Å². The maximum atomic E-state index is 12.2. The first-order valence-electron chi connectivity index (χ1n) is 8.11. The summed E-state index contributed by atoms with van der Waals surface area (Å²) in [6.07, 6.45) is 2.27. The Hall–Kier alpha value is -2.21. The number of fused-ring (bicyclic) bond motifs is 1. The van der Waals surface area contributed by atoms with Crippen molar-refractivity contribution in [3.63, 3.8) is 0 Å². The number of hydrogen-bond acceptors (Lipinski definition) is 5. The zero-order chi connectivity index (χ0) is 15.8. The lowest BCUT2D eigenvalue weighted by molar-refractivity contribution is -0.123. The predicted molar refractivity (Wildman–Crippen MR) is 83.4 cm³/mol. The van der Waals surface area contributed by atoms with E-state index in [-0.39, 0.29) is 11.9 Å². The van der Waals surface area contributed by atoms with Gasteiger partial charge in [0.15, 0.2) is 5.82 Å². The summed E-state index contributed by atoms with van der Waals surface area (Å²) in [7, 11) is 0. The van der Waals surface area contributed by atoms with Gasteiger partial charge in [-0.05, 0) is 30.9 Å². The predicted octanol–water partition coefficient (Wildman–Crippen LogP) is 2.14. The first-order chi connectivity index (χ1) is 11.2. The van der Waals surface area contributed by atoms with Gasteiger partial charge in [-0.2, -0.15) is 4.98 Å². The highest BCUT2D eigenvalue weighted by Gasteiger charge is 2.30. The number of nitrogens with one attached hydrogen (secondary N) is 1. The molecule has 1 aromatic heterocycles. The molecule has 2 aliphatic rings. The Kier molecular flexibility index (Phi) is 3.61. The van der Waals surface area contributed by atoms with Crippen LogP contribution < -0.4 is 5.32 Å². The molecule has 1 aromatic carbocycles. The highest BCUT2D eigenvalue weighted by molar-refractivity contribution is 5.78. The summed E-state index contributed by atoms with van der Waals surface area (Å²) in [5.74, 6) is 1.70. The van der Waals surface area contributed by atoms with Gasteiger partial charge in [-0.25, -0.2) is 0 Å². The third kappa shape index (κ3) is 3.12. The monoisotopic (exact) mass is 312 g/mol. The molecule has 0 spiro atoms. The summed E-state index contributed by atoms with van der Waals surface area (Å²) in [6.45, 7) is 3.90. The van der Waals surface area contributed by atoms with E-state index >= 15 is 0 Å². The van der Waals surface area contributed by atoms with Crippen molar-refractivity contribution >= 4 is 5.91 Å². The van der Waals surface area contributed by atoms with Crippen molar-refractivity contribution in [3.05, 3.63) is 47.1 Å². The zero-order valence-electron chi connectivity index (χ0n) is 13.2.